The van der Waals surface area contributed by atoms with Crippen LogP contribution in [0.4, 0.5) is 37.6 Å². The average molecular weight is 948 g/mol. The van der Waals surface area contributed by atoms with Crippen LogP contribution in [0.15, 0.2) is 70.7 Å². The Kier molecular flexibility index (Phi) is 14.5. The van der Waals surface area contributed by atoms with Crippen LogP contribution in [0.1, 0.15) is 29.9 Å². The molecule has 23 heteroatoms. The zero-order chi connectivity index (χ0) is 46.3. The number of nitrogens with zero attached hydrogens (tertiary/aromatic N) is 9. The van der Waals surface area contributed by atoms with Gasteiger partial charge in [0.2, 0.25) is 5.88 Å². The van der Waals surface area contributed by atoms with Crippen LogP contribution in [0.25, 0.3) is 17.4 Å². The van der Waals surface area contributed by atoms with E-state index >= 15 is 0 Å². The monoisotopic (exact) mass is 946 g/mol. The Hall–Kier alpha value is -6.49. The minimum Gasteiger partial charge on any atom is -0.493 e. The van der Waals surface area contributed by atoms with Gasteiger partial charge in [0.1, 0.15) is 34.8 Å². The number of imidazole rings is 1. The van der Waals surface area contributed by atoms with Gasteiger partial charge in [-0.2, -0.15) is 19.2 Å². The average Bonchev–Trinajstić information content (AvgIpc) is 4.03. The second kappa shape index (κ2) is 20.8. The van der Waals surface area contributed by atoms with Crippen LogP contribution in [-0.2, 0) is 9.47 Å². The number of hydrogen-bond donors (Lipinski definition) is 6. The maximum atomic E-state index is 14.4. The molecule has 66 heavy (non-hydrogen) atoms. The van der Waals surface area contributed by atoms with Crippen molar-refractivity contribution in [2.45, 2.75) is 25.9 Å². The summed E-state index contributed by atoms with van der Waals surface area (Å²) < 4.78 is 42.5. The van der Waals surface area contributed by atoms with Crippen LogP contribution in [0.5, 0.6) is 5.88 Å². The van der Waals surface area contributed by atoms with Crippen molar-refractivity contribution in [3.05, 3.63) is 115 Å². The second-order valence-corrected chi connectivity index (χ2v) is 16.4. The Morgan fingerprint density at radius 3 is 2.02 bits per heavy atom. The molecule has 0 amide bonds. The number of rotatable bonds is 13. The molecule has 0 saturated carbocycles. The number of morpholine rings is 2. The van der Waals surface area contributed by atoms with Crippen molar-refractivity contribution in [3.8, 4) is 5.88 Å². The quantitative estimate of drug-likeness (QED) is 0.0886. The summed E-state index contributed by atoms with van der Waals surface area (Å²) in [6.45, 7) is 11.7. The number of hydrogen-bond acceptors (Lipinski definition) is 15. The van der Waals surface area contributed by atoms with Gasteiger partial charge in [-0.3, -0.25) is 24.6 Å². The highest BCUT2D eigenvalue weighted by Crippen LogP contribution is 2.26. The van der Waals surface area contributed by atoms with E-state index in [1.807, 2.05) is 0 Å². The highest BCUT2D eigenvalue weighted by atomic mass is 35.5. The molecule has 0 spiro atoms. The van der Waals surface area contributed by atoms with Crippen LogP contribution >= 0.6 is 23.2 Å². The van der Waals surface area contributed by atoms with E-state index in [1.165, 1.54) is 48.7 Å². The Morgan fingerprint density at radius 1 is 0.818 bits per heavy atom. The van der Waals surface area contributed by atoms with Crippen LogP contribution < -0.4 is 32.3 Å². The molecule has 346 valence electrons. The first-order chi connectivity index (χ1) is 31.9. The van der Waals surface area contributed by atoms with Crippen molar-refractivity contribution in [1.82, 2.24) is 49.0 Å². The molecule has 2 atom stereocenters. The van der Waals surface area contributed by atoms with E-state index in [-0.39, 0.29) is 35.0 Å². The van der Waals surface area contributed by atoms with Gasteiger partial charge in [0, 0.05) is 72.2 Å². The molecule has 2 aliphatic heterocycles. The number of nitrogens with one attached hydrogen (secondary N) is 5. The smallest absolute Gasteiger partial charge is 0.326 e. The molecule has 2 aliphatic rings. The Balaban J connectivity index is 0.000000182. The number of aldehydes is 1. The molecule has 2 aromatic carbocycles. The number of halogens is 4. The van der Waals surface area contributed by atoms with Crippen LogP contribution in [0.2, 0.25) is 10.0 Å². The number of benzene rings is 2. The van der Waals surface area contributed by atoms with Crippen LogP contribution in [0.3, 0.4) is 0 Å². The van der Waals surface area contributed by atoms with Crippen molar-refractivity contribution < 1.29 is 28.2 Å². The molecule has 19 nitrogen and oxygen atoms in total. The van der Waals surface area contributed by atoms with Gasteiger partial charge in [-0.1, -0.05) is 23.2 Å². The Labute approximate surface area is 385 Å². The lowest BCUT2D eigenvalue weighted by molar-refractivity contribution is 0.0219. The number of carbonyl (C=O) groups excluding carboxylic acids is 1. The molecule has 2 saturated heterocycles. The minimum atomic E-state index is -0.547. The zero-order valence-electron chi connectivity index (χ0n) is 35.8. The van der Waals surface area contributed by atoms with Crippen LogP contribution in [-0.4, -0.2) is 138 Å². The number of aromatic amines is 2. The summed E-state index contributed by atoms with van der Waals surface area (Å²) in [5.41, 5.74) is 1.58. The van der Waals surface area contributed by atoms with Gasteiger partial charge >= 0.3 is 5.69 Å². The van der Waals surface area contributed by atoms with Gasteiger partial charge in [0.05, 0.1) is 62.3 Å². The van der Waals surface area contributed by atoms with E-state index in [2.05, 4.69) is 69.7 Å². The molecule has 0 aliphatic carbocycles. The topological polar surface area (TPSA) is 220 Å². The van der Waals surface area contributed by atoms with Crippen molar-refractivity contribution in [1.29, 1.82) is 0 Å². The summed E-state index contributed by atoms with van der Waals surface area (Å²) >= 11 is 12.0. The van der Waals surface area contributed by atoms with E-state index in [0.717, 1.165) is 39.4 Å². The fourth-order valence-corrected chi connectivity index (χ4v) is 7.71. The van der Waals surface area contributed by atoms with Crippen molar-refractivity contribution in [2.75, 3.05) is 81.6 Å². The fraction of sp³-hybridized carbons (Fsp3) is 0.326. The van der Waals surface area contributed by atoms with E-state index in [4.69, 9.17) is 37.7 Å². The highest BCUT2D eigenvalue weighted by molar-refractivity contribution is 6.31. The van der Waals surface area contributed by atoms with E-state index in [9.17, 15) is 23.5 Å². The third-order valence-corrected chi connectivity index (χ3v) is 11.4. The van der Waals surface area contributed by atoms with Gasteiger partial charge in [-0.25, -0.2) is 23.5 Å². The summed E-state index contributed by atoms with van der Waals surface area (Å²) in [6.07, 6.45) is 5.22. The number of aromatic hydroxyl groups is 1. The molecule has 2 unspecified atom stereocenters. The summed E-state index contributed by atoms with van der Waals surface area (Å²) in [6, 6.07) is 12.2. The van der Waals surface area contributed by atoms with Crippen LogP contribution in [0, 0.1) is 11.6 Å². The molecular weight excluding hydrogens is 901 g/mol. The van der Waals surface area contributed by atoms with Gasteiger partial charge in [-0.05, 0) is 56.3 Å². The highest BCUT2D eigenvalue weighted by Gasteiger charge is 2.20. The van der Waals surface area contributed by atoms with Crippen molar-refractivity contribution in [2.24, 2.45) is 4.99 Å². The van der Waals surface area contributed by atoms with Gasteiger partial charge in [0.25, 0.3) is 0 Å². The predicted octanol–water partition coefficient (Wildman–Crippen LogP) is 4.37. The standard InChI is InChI=1S/C23H24ClFN8O3.C20H22ClFN6O2/c1-13(32-4-6-36-7-5-32)11-26-20-10-19(28-17-9-15(24)2-3-16(17)25)30-21-14(12-27-33(20)21)8-18-22(34)31-23(35)29-18;1-13(27-4-6-30-7-5-27)10-23-19-9-18(25-17-8-15(21)2-3-16(17)22)26-20-14(12-29)11-24-28(19)20/h2-3,8-10,12-13,28,34H,4-7,11H2,1H3,(H2,29,31,35);2-3,8-9,11-13,23H,4-7,10H2,1H3,(H,25,26). The van der Waals surface area contributed by atoms with Crippen molar-refractivity contribution in [3.63, 3.8) is 0 Å². The number of carbonyl (C=O) groups is 1. The molecule has 7 aromatic rings. The Morgan fingerprint density at radius 2 is 1.41 bits per heavy atom. The molecule has 0 radical (unpaired) electrons. The SMILES string of the molecule is CC(CN=c1cc(Nc2cc(Cl)ccc2F)nc2c(=Cc3[nH]c(=O)[nH]c3O)cnn12)N1CCOCC1.CC(CNc1cc(Nc2cc(Cl)ccc2F)nc2c(C=O)cnn12)N1CCOCC1. The predicted molar refractivity (Wildman–Crippen MR) is 245 cm³/mol. The summed E-state index contributed by atoms with van der Waals surface area (Å²) in [4.78, 5) is 46.2. The number of H-pyrrole nitrogens is 2. The van der Waals surface area contributed by atoms with Gasteiger partial charge in [-0.15, -0.1) is 0 Å². The molecule has 0 bridgehead atoms. The van der Waals surface area contributed by atoms with Gasteiger partial charge < -0.3 is 35.5 Å². The molecule has 9 rings (SSSR count). The largest absolute Gasteiger partial charge is 0.493 e. The maximum Gasteiger partial charge on any atom is 0.326 e. The third-order valence-electron chi connectivity index (χ3n) is 11.0. The summed E-state index contributed by atoms with van der Waals surface area (Å²) in [7, 11) is 0. The van der Waals surface area contributed by atoms with Gasteiger partial charge in [0.15, 0.2) is 23.1 Å². The van der Waals surface area contributed by atoms with E-state index in [0.29, 0.717) is 87.7 Å². The lowest BCUT2D eigenvalue weighted by Crippen LogP contribution is -2.45. The normalized spacial score (nSPS) is 16.3. The first-order valence-corrected chi connectivity index (χ1v) is 21.8. The van der Waals surface area contributed by atoms with Crippen molar-refractivity contribution >= 4 is 75.7 Å². The maximum absolute atomic E-state index is 14.4. The molecule has 6 N–H and O–H groups in total. The molecular formula is C43H46Cl2F2N14O5. The van der Waals surface area contributed by atoms with E-state index < -0.39 is 17.3 Å². The number of fused-ring (bicyclic) bond motifs is 2. The Bertz CT molecular complexity index is 3020. The number of aromatic nitrogens is 8. The lowest BCUT2D eigenvalue weighted by atomic mass is 10.2. The molecule has 5 aromatic heterocycles. The summed E-state index contributed by atoms with van der Waals surface area (Å²) in [5.74, 6) is 0.0745. The molecule has 7 heterocycles. The second-order valence-electron chi connectivity index (χ2n) is 15.5. The summed E-state index contributed by atoms with van der Waals surface area (Å²) in [5, 5.41) is 29.2. The molecule has 2 fully saturated rings. The number of anilines is 5. The fourth-order valence-electron chi connectivity index (χ4n) is 7.36. The first-order valence-electron chi connectivity index (χ1n) is 21.0. The zero-order valence-corrected chi connectivity index (χ0v) is 37.3. The first kappa shape index (κ1) is 46.1. The van der Waals surface area contributed by atoms with E-state index in [1.54, 1.807) is 27.4 Å². The minimum absolute atomic E-state index is 0.157. The number of ether oxygens (including phenoxy) is 2. The lowest BCUT2D eigenvalue weighted by Gasteiger charge is -2.32. The third kappa shape index (κ3) is 10.9.